The number of alkyl halides is 2. The zero-order chi connectivity index (χ0) is 18.9. The van der Waals surface area contributed by atoms with Crippen LogP contribution in [-0.4, -0.2) is 26.2 Å². The maximum Gasteiger partial charge on any atom is 0.387 e. The van der Waals surface area contributed by atoms with E-state index in [0.29, 0.717) is 30.4 Å². The van der Waals surface area contributed by atoms with E-state index in [4.69, 9.17) is 4.74 Å². The van der Waals surface area contributed by atoms with Gasteiger partial charge in [-0.25, -0.2) is 4.99 Å². The molecule has 0 saturated heterocycles. The highest BCUT2D eigenvalue weighted by atomic mass is 32.1. The molecule has 0 amide bonds. The maximum absolute atomic E-state index is 12.6. The van der Waals surface area contributed by atoms with Gasteiger partial charge < -0.3 is 20.1 Å². The van der Waals surface area contributed by atoms with Crippen LogP contribution in [0.25, 0.3) is 0 Å². The lowest BCUT2D eigenvalue weighted by Gasteiger charge is -2.13. The molecule has 0 saturated carbocycles. The third kappa shape index (κ3) is 5.87. The third-order valence-electron chi connectivity index (χ3n) is 3.62. The molecule has 1 aromatic heterocycles. The molecule has 0 aliphatic rings. The van der Waals surface area contributed by atoms with Crippen molar-refractivity contribution in [3.8, 4) is 11.5 Å². The topological polar surface area (TPSA) is 54.9 Å². The van der Waals surface area contributed by atoms with Crippen LogP contribution >= 0.6 is 11.3 Å². The Bertz CT molecular complexity index is 735. The Labute approximate surface area is 156 Å². The Morgan fingerprint density at radius 3 is 2.69 bits per heavy atom. The highest BCUT2D eigenvalue weighted by Gasteiger charge is 2.11. The number of halogens is 2. The minimum atomic E-state index is -2.89. The smallest absolute Gasteiger partial charge is 0.387 e. The molecule has 2 rings (SSSR count). The Hall–Kier alpha value is -2.35. The van der Waals surface area contributed by atoms with Gasteiger partial charge in [-0.1, -0.05) is 0 Å². The molecule has 0 unspecified atom stereocenters. The zero-order valence-electron chi connectivity index (χ0n) is 15.0. The average Bonchev–Trinajstić information content (AvgIpc) is 3.03. The lowest BCUT2D eigenvalue weighted by molar-refractivity contribution is -0.0504. The summed E-state index contributed by atoms with van der Waals surface area (Å²) in [5.74, 6) is 1.25. The summed E-state index contributed by atoms with van der Waals surface area (Å²) >= 11 is 1.67. The van der Waals surface area contributed by atoms with Crippen molar-refractivity contribution in [3.05, 3.63) is 45.6 Å². The molecule has 0 spiro atoms. The number of hydrogen-bond acceptors (Lipinski definition) is 4. The van der Waals surface area contributed by atoms with E-state index >= 15 is 0 Å². The fourth-order valence-electron chi connectivity index (χ4n) is 2.27. The van der Waals surface area contributed by atoms with Crippen LogP contribution in [0.4, 0.5) is 8.78 Å². The van der Waals surface area contributed by atoms with Crippen LogP contribution in [0.3, 0.4) is 0 Å². The van der Waals surface area contributed by atoms with Crippen molar-refractivity contribution in [1.82, 2.24) is 10.6 Å². The number of nitrogens with one attached hydrogen (secondary N) is 2. The molecule has 1 heterocycles. The summed E-state index contributed by atoms with van der Waals surface area (Å²) in [6.45, 7) is 2.64. The number of hydrogen-bond donors (Lipinski definition) is 2. The highest BCUT2D eigenvalue weighted by molar-refractivity contribution is 7.10. The number of thiophene rings is 1. The molecule has 0 bridgehead atoms. The second kappa shape index (κ2) is 9.96. The standard InChI is InChI=1S/C18H23F2N3O2S/c1-4-21-18(23-11-16-12(2)7-8-26-16)22-10-13-9-14(24-3)5-6-15(13)25-17(19)20/h5-9,17H,4,10-11H2,1-3H3,(H2,21,22,23). The first-order valence-electron chi connectivity index (χ1n) is 8.20. The van der Waals surface area contributed by atoms with Gasteiger partial charge in [-0.15, -0.1) is 11.3 Å². The lowest BCUT2D eigenvalue weighted by atomic mass is 10.2. The summed E-state index contributed by atoms with van der Waals surface area (Å²) in [6.07, 6.45) is 0. The van der Waals surface area contributed by atoms with Crippen molar-refractivity contribution in [2.45, 2.75) is 33.5 Å². The molecule has 5 nitrogen and oxygen atoms in total. The first-order valence-corrected chi connectivity index (χ1v) is 9.08. The first-order chi connectivity index (χ1) is 12.5. The molecule has 0 aliphatic heterocycles. The third-order valence-corrected chi connectivity index (χ3v) is 4.64. The van der Waals surface area contributed by atoms with Crippen molar-refractivity contribution in [2.24, 2.45) is 4.99 Å². The Kier molecular flexibility index (Phi) is 7.65. The summed E-state index contributed by atoms with van der Waals surface area (Å²) in [5.41, 5.74) is 1.74. The van der Waals surface area contributed by atoms with E-state index in [1.165, 1.54) is 23.6 Å². The molecular formula is C18H23F2N3O2S. The molecule has 26 heavy (non-hydrogen) atoms. The van der Waals surface area contributed by atoms with Crippen LogP contribution < -0.4 is 20.1 Å². The molecule has 0 atom stereocenters. The van der Waals surface area contributed by atoms with Crippen molar-refractivity contribution < 1.29 is 18.3 Å². The van der Waals surface area contributed by atoms with Crippen LogP contribution in [0, 0.1) is 6.92 Å². The molecule has 142 valence electrons. The second-order valence-corrected chi connectivity index (χ2v) is 6.43. The molecular weight excluding hydrogens is 360 g/mol. The van der Waals surface area contributed by atoms with Gasteiger partial charge >= 0.3 is 6.61 Å². The van der Waals surface area contributed by atoms with Crippen molar-refractivity contribution in [3.63, 3.8) is 0 Å². The SMILES string of the molecule is CCNC(=NCc1cc(OC)ccc1OC(F)F)NCc1sccc1C. The van der Waals surface area contributed by atoms with E-state index in [9.17, 15) is 8.78 Å². The van der Waals surface area contributed by atoms with E-state index in [0.717, 1.165) is 0 Å². The maximum atomic E-state index is 12.6. The molecule has 0 fully saturated rings. The Morgan fingerprint density at radius 1 is 1.27 bits per heavy atom. The molecule has 1 aromatic carbocycles. The number of aliphatic imine (C=N–C) groups is 1. The van der Waals surface area contributed by atoms with Gasteiger partial charge in [0, 0.05) is 17.0 Å². The summed E-state index contributed by atoms with van der Waals surface area (Å²) in [7, 11) is 1.52. The van der Waals surface area contributed by atoms with E-state index in [1.54, 1.807) is 23.5 Å². The number of ether oxygens (including phenoxy) is 2. The molecule has 8 heteroatoms. The number of rotatable bonds is 8. The van der Waals surface area contributed by atoms with Gasteiger partial charge in [0.25, 0.3) is 0 Å². The van der Waals surface area contributed by atoms with Crippen LogP contribution in [-0.2, 0) is 13.1 Å². The predicted octanol–water partition coefficient (Wildman–Crippen LogP) is 3.92. The molecule has 0 aliphatic carbocycles. The summed E-state index contributed by atoms with van der Waals surface area (Å²) < 4.78 is 34.9. The fourth-order valence-corrected chi connectivity index (χ4v) is 3.12. The fraction of sp³-hybridized carbons (Fsp3) is 0.389. The summed E-state index contributed by atoms with van der Waals surface area (Å²) in [6, 6.07) is 6.75. The average molecular weight is 383 g/mol. The monoisotopic (exact) mass is 383 g/mol. The quantitative estimate of drug-likeness (QED) is 0.536. The van der Waals surface area contributed by atoms with Gasteiger partial charge in [-0.2, -0.15) is 8.78 Å². The second-order valence-electron chi connectivity index (χ2n) is 5.43. The molecule has 2 N–H and O–H groups in total. The van der Waals surface area contributed by atoms with Gasteiger partial charge in [0.05, 0.1) is 20.2 Å². The largest absolute Gasteiger partial charge is 0.497 e. The van der Waals surface area contributed by atoms with Crippen LogP contribution in [0.5, 0.6) is 11.5 Å². The van der Waals surface area contributed by atoms with Gasteiger partial charge in [-0.3, -0.25) is 0 Å². The van der Waals surface area contributed by atoms with Crippen molar-refractivity contribution in [2.75, 3.05) is 13.7 Å². The van der Waals surface area contributed by atoms with Gasteiger partial charge in [0.1, 0.15) is 11.5 Å². The summed E-state index contributed by atoms with van der Waals surface area (Å²) in [4.78, 5) is 5.70. The van der Waals surface area contributed by atoms with Crippen LogP contribution in [0.2, 0.25) is 0 Å². The number of nitrogens with zero attached hydrogens (tertiary/aromatic N) is 1. The van der Waals surface area contributed by atoms with Crippen LogP contribution in [0.1, 0.15) is 22.9 Å². The van der Waals surface area contributed by atoms with Crippen LogP contribution in [0.15, 0.2) is 34.6 Å². The van der Waals surface area contributed by atoms with Crippen molar-refractivity contribution in [1.29, 1.82) is 0 Å². The first kappa shape index (κ1) is 20.0. The van der Waals surface area contributed by atoms with Gasteiger partial charge in [0.15, 0.2) is 5.96 Å². The number of benzene rings is 1. The lowest BCUT2D eigenvalue weighted by Crippen LogP contribution is -2.36. The minimum Gasteiger partial charge on any atom is -0.497 e. The normalized spacial score (nSPS) is 11.5. The summed E-state index contributed by atoms with van der Waals surface area (Å²) in [5, 5.41) is 8.44. The molecule has 0 radical (unpaired) electrons. The number of guanidine groups is 1. The zero-order valence-corrected chi connectivity index (χ0v) is 15.8. The predicted molar refractivity (Wildman–Crippen MR) is 100 cm³/mol. The van der Waals surface area contributed by atoms with Gasteiger partial charge in [-0.05, 0) is 49.1 Å². The van der Waals surface area contributed by atoms with E-state index in [-0.39, 0.29) is 12.3 Å². The Morgan fingerprint density at radius 2 is 2.08 bits per heavy atom. The van der Waals surface area contributed by atoms with E-state index in [2.05, 4.69) is 33.4 Å². The Balaban J connectivity index is 2.13. The molecule has 2 aromatic rings. The number of aryl methyl sites for hydroxylation is 1. The van der Waals surface area contributed by atoms with E-state index in [1.807, 2.05) is 12.3 Å². The highest BCUT2D eigenvalue weighted by Crippen LogP contribution is 2.26. The van der Waals surface area contributed by atoms with E-state index < -0.39 is 6.61 Å². The number of methoxy groups -OCH3 is 1. The van der Waals surface area contributed by atoms with Gasteiger partial charge in [0.2, 0.25) is 0 Å². The van der Waals surface area contributed by atoms with Crippen molar-refractivity contribution >= 4 is 17.3 Å². The minimum absolute atomic E-state index is 0.0921.